The minimum atomic E-state index is -1.13. The van der Waals surface area contributed by atoms with E-state index in [4.69, 9.17) is 4.74 Å². The van der Waals surface area contributed by atoms with Crippen LogP contribution >= 0.6 is 0 Å². The van der Waals surface area contributed by atoms with Crippen LogP contribution in [0.4, 0.5) is 4.79 Å². The van der Waals surface area contributed by atoms with E-state index >= 15 is 0 Å². The predicted octanol–water partition coefficient (Wildman–Crippen LogP) is 5.23. The average Bonchev–Trinajstić information content (AvgIpc) is 3.59. The molecule has 5 heteroatoms. The van der Waals surface area contributed by atoms with Gasteiger partial charge < -0.3 is 15.2 Å². The molecule has 2 aliphatic carbocycles. The van der Waals surface area contributed by atoms with Gasteiger partial charge in [0.15, 0.2) is 6.04 Å². The minimum Gasteiger partial charge on any atom is -0.479 e. The van der Waals surface area contributed by atoms with Gasteiger partial charge in [0.25, 0.3) is 0 Å². The lowest BCUT2D eigenvalue weighted by Gasteiger charge is -2.19. The second-order valence-corrected chi connectivity index (χ2v) is 8.14. The van der Waals surface area contributed by atoms with Crippen molar-refractivity contribution in [2.45, 2.75) is 30.7 Å². The van der Waals surface area contributed by atoms with Crippen molar-refractivity contribution in [1.82, 2.24) is 5.32 Å². The van der Waals surface area contributed by atoms with Gasteiger partial charge in [-0.15, -0.1) is 0 Å². The first-order valence-electron chi connectivity index (χ1n) is 10.6. The number of hydrogen-bond donors (Lipinski definition) is 2. The van der Waals surface area contributed by atoms with Crippen molar-refractivity contribution < 1.29 is 19.4 Å². The number of carboxylic acid groups (broad SMARTS) is 1. The molecule has 2 N–H and O–H groups in total. The van der Waals surface area contributed by atoms with Gasteiger partial charge in [-0.3, -0.25) is 0 Å². The van der Waals surface area contributed by atoms with Gasteiger partial charge in [-0.05, 0) is 52.1 Å². The third-order valence-corrected chi connectivity index (χ3v) is 6.18. The molecular formula is C26H23NO4. The van der Waals surface area contributed by atoms with Gasteiger partial charge in [0.05, 0.1) is 0 Å². The van der Waals surface area contributed by atoms with Crippen LogP contribution in [-0.4, -0.2) is 23.8 Å². The zero-order chi connectivity index (χ0) is 21.4. The molecule has 1 fully saturated rings. The Morgan fingerprint density at radius 2 is 1.42 bits per heavy atom. The second-order valence-electron chi connectivity index (χ2n) is 8.14. The molecule has 1 saturated carbocycles. The van der Waals surface area contributed by atoms with E-state index in [2.05, 4.69) is 17.4 Å². The Labute approximate surface area is 180 Å². The second kappa shape index (κ2) is 7.91. The van der Waals surface area contributed by atoms with Crippen LogP contribution in [0, 0.1) is 0 Å². The van der Waals surface area contributed by atoms with Gasteiger partial charge in [-0.2, -0.15) is 0 Å². The molecule has 0 spiro atoms. The summed E-state index contributed by atoms with van der Waals surface area (Å²) in [5.41, 5.74) is 6.15. The molecule has 0 radical (unpaired) electrons. The Kier molecular flexibility index (Phi) is 4.94. The first-order valence-corrected chi connectivity index (χ1v) is 10.6. The molecule has 5 rings (SSSR count). The van der Waals surface area contributed by atoms with E-state index in [0.29, 0.717) is 11.5 Å². The molecule has 3 aromatic rings. The summed E-state index contributed by atoms with van der Waals surface area (Å²) in [6.07, 6.45) is 1.38. The quantitative estimate of drug-likeness (QED) is 0.580. The topological polar surface area (TPSA) is 75.6 Å². The SMILES string of the molecule is O=C(NC(C(=O)O)c1ccccc1C1CC1)OCC1c2ccccc2-c2ccccc21. The Morgan fingerprint density at radius 3 is 2.00 bits per heavy atom. The van der Waals surface area contributed by atoms with Gasteiger partial charge in [-0.1, -0.05) is 72.8 Å². The fraction of sp³-hybridized carbons (Fsp3) is 0.231. The van der Waals surface area contributed by atoms with Crippen molar-refractivity contribution in [2.75, 3.05) is 6.61 Å². The number of fused-ring (bicyclic) bond motifs is 3. The number of hydrogen-bond acceptors (Lipinski definition) is 3. The van der Waals surface area contributed by atoms with E-state index in [1.54, 1.807) is 12.1 Å². The normalized spacial score (nSPS) is 15.6. The largest absolute Gasteiger partial charge is 0.479 e. The van der Waals surface area contributed by atoms with Gasteiger partial charge in [0, 0.05) is 5.92 Å². The summed E-state index contributed by atoms with van der Waals surface area (Å²) >= 11 is 0. The minimum absolute atomic E-state index is 0.0693. The van der Waals surface area contributed by atoms with Crippen molar-refractivity contribution in [3.05, 3.63) is 95.1 Å². The molecule has 0 heterocycles. The lowest BCUT2D eigenvalue weighted by atomic mass is 9.97. The number of benzene rings is 3. The summed E-state index contributed by atoms with van der Waals surface area (Å²) in [6.45, 7) is 0.149. The van der Waals surface area contributed by atoms with Crippen LogP contribution in [0.1, 0.15) is 53.0 Å². The summed E-state index contributed by atoms with van der Waals surface area (Å²) in [5, 5.41) is 12.3. The van der Waals surface area contributed by atoms with Gasteiger partial charge in [0.1, 0.15) is 6.61 Å². The number of aliphatic carboxylic acids is 1. The summed E-state index contributed by atoms with van der Waals surface area (Å²) in [5.74, 6) is -0.788. The fourth-order valence-corrected chi connectivity index (χ4v) is 4.57. The molecule has 3 aromatic carbocycles. The highest BCUT2D eigenvalue weighted by molar-refractivity contribution is 5.82. The van der Waals surface area contributed by atoms with Crippen molar-refractivity contribution in [3.63, 3.8) is 0 Å². The van der Waals surface area contributed by atoms with Crippen molar-refractivity contribution >= 4 is 12.1 Å². The van der Waals surface area contributed by atoms with Crippen LogP contribution in [-0.2, 0) is 9.53 Å². The first-order chi connectivity index (χ1) is 15.1. The van der Waals surface area contributed by atoms with Crippen LogP contribution in [0.15, 0.2) is 72.8 Å². The van der Waals surface area contributed by atoms with Gasteiger partial charge in [0.2, 0.25) is 0 Å². The van der Waals surface area contributed by atoms with E-state index in [-0.39, 0.29) is 12.5 Å². The molecular weight excluding hydrogens is 390 g/mol. The number of rotatable bonds is 6. The number of carbonyl (C=O) groups excluding carboxylic acids is 1. The molecule has 156 valence electrons. The molecule has 1 unspecified atom stereocenters. The highest BCUT2D eigenvalue weighted by Gasteiger charge is 2.33. The fourth-order valence-electron chi connectivity index (χ4n) is 4.57. The Hall–Kier alpha value is -3.60. The zero-order valence-electron chi connectivity index (χ0n) is 17.0. The standard InChI is InChI=1S/C26H23NO4/c28-25(29)24(22-12-6-1-7-17(22)16-13-14-16)27-26(30)31-15-23-20-10-4-2-8-18(20)19-9-3-5-11-21(19)23/h1-12,16,23-24H,13-15H2,(H,27,30)(H,28,29). The molecule has 0 aliphatic heterocycles. The smallest absolute Gasteiger partial charge is 0.408 e. The maximum Gasteiger partial charge on any atom is 0.408 e. The Morgan fingerprint density at radius 1 is 0.871 bits per heavy atom. The molecule has 5 nitrogen and oxygen atoms in total. The maximum absolute atomic E-state index is 12.6. The number of ether oxygens (including phenoxy) is 1. The zero-order valence-corrected chi connectivity index (χ0v) is 17.0. The number of carboxylic acids is 1. The van der Waals surface area contributed by atoms with Crippen LogP contribution in [0.2, 0.25) is 0 Å². The lowest BCUT2D eigenvalue weighted by molar-refractivity contribution is -0.139. The van der Waals surface area contributed by atoms with Crippen LogP contribution < -0.4 is 5.32 Å². The molecule has 0 saturated heterocycles. The molecule has 31 heavy (non-hydrogen) atoms. The highest BCUT2D eigenvalue weighted by Crippen LogP contribution is 2.45. The maximum atomic E-state index is 12.6. The number of carbonyl (C=O) groups is 2. The monoisotopic (exact) mass is 413 g/mol. The lowest BCUT2D eigenvalue weighted by Crippen LogP contribution is -2.35. The summed E-state index contributed by atoms with van der Waals surface area (Å²) in [7, 11) is 0. The summed E-state index contributed by atoms with van der Waals surface area (Å²) < 4.78 is 5.54. The molecule has 2 aliphatic rings. The number of alkyl carbamates (subject to hydrolysis) is 1. The number of amides is 1. The summed E-state index contributed by atoms with van der Waals surface area (Å²) in [4.78, 5) is 24.6. The Balaban J connectivity index is 1.32. The third kappa shape index (κ3) is 3.67. The van der Waals surface area contributed by atoms with E-state index in [9.17, 15) is 14.7 Å². The third-order valence-electron chi connectivity index (χ3n) is 6.18. The molecule has 0 aromatic heterocycles. The molecule has 1 atom stereocenters. The van der Waals surface area contributed by atoms with Crippen molar-refractivity contribution in [1.29, 1.82) is 0 Å². The highest BCUT2D eigenvalue weighted by atomic mass is 16.5. The van der Waals surface area contributed by atoms with E-state index in [1.165, 1.54) is 0 Å². The predicted molar refractivity (Wildman–Crippen MR) is 117 cm³/mol. The Bertz CT molecular complexity index is 1110. The van der Waals surface area contributed by atoms with Crippen LogP contribution in [0.3, 0.4) is 0 Å². The van der Waals surface area contributed by atoms with Crippen molar-refractivity contribution in [2.24, 2.45) is 0 Å². The average molecular weight is 413 g/mol. The molecule has 0 bridgehead atoms. The van der Waals surface area contributed by atoms with Gasteiger partial charge in [-0.25, -0.2) is 9.59 Å². The molecule has 1 amide bonds. The van der Waals surface area contributed by atoms with Crippen LogP contribution in [0.5, 0.6) is 0 Å². The van der Waals surface area contributed by atoms with Gasteiger partial charge >= 0.3 is 12.1 Å². The van der Waals surface area contributed by atoms with Crippen molar-refractivity contribution in [3.8, 4) is 11.1 Å². The number of nitrogens with one attached hydrogen (secondary N) is 1. The van der Waals surface area contributed by atoms with E-state index in [1.807, 2.05) is 48.5 Å². The van der Waals surface area contributed by atoms with Crippen LogP contribution in [0.25, 0.3) is 11.1 Å². The first kappa shape index (κ1) is 19.4. The summed E-state index contributed by atoms with van der Waals surface area (Å²) in [6, 6.07) is 22.5. The van der Waals surface area contributed by atoms with E-state index < -0.39 is 18.1 Å². The van der Waals surface area contributed by atoms with E-state index in [0.717, 1.165) is 40.7 Å².